The quantitative estimate of drug-likeness (QED) is 0.437. The molecular weight excluding hydrogens is 450 g/mol. The Hall–Kier alpha value is -2.97. The predicted octanol–water partition coefficient (Wildman–Crippen LogP) is 3.53. The third kappa shape index (κ3) is 7.94. The van der Waals surface area contributed by atoms with E-state index in [0.717, 1.165) is 0 Å². The SMILES string of the molecule is CC(NC(=S)NC(=O)c1ccccc1)C(=O)OC(C(=O)NC(C)(C)C)c1ccc(Cl)cc1. The Bertz CT molecular complexity index is 975. The molecular formula is C23H26ClN3O4S. The first kappa shape index (κ1) is 25.3. The average Bonchev–Trinajstić information content (AvgIpc) is 2.71. The minimum atomic E-state index is -1.18. The van der Waals surface area contributed by atoms with Crippen molar-refractivity contribution >= 4 is 46.7 Å². The van der Waals surface area contributed by atoms with Crippen molar-refractivity contribution in [2.24, 2.45) is 0 Å². The van der Waals surface area contributed by atoms with Gasteiger partial charge < -0.3 is 15.4 Å². The molecule has 0 heterocycles. The third-order valence-corrected chi connectivity index (χ3v) is 4.58. The van der Waals surface area contributed by atoms with E-state index in [1.807, 2.05) is 20.8 Å². The van der Waals surface area contributed by atoms with Gasteiger partial charge in [-0.2, -0.15) is 0 Å². The number of nitrogens with one attached hydrogen (secondary N) is 3. The molecule has 0 fully saturated rings. The molecule has 0 aromatic heterocycles. The zero-order valence-corrected chi connectivity index (χ0v) is 19.8. The summed E-state index contributed by atoms with van der Waals surface area (Å²) in [5.74, 6) is -1.60. The van der Waals surface area contributed by atoms with Gasteiger partial charge in [0.1, 0.15) is 6.04 Å². The molecule has 2 aromatic rings. The standard InChI is InChI=1S/C23H26ClN3O4S/c1-14(25-22(32)26-19(28)16-8-6-5-7-9-16)21(30)31-18(20(29)27-23(2,3)4)15-10-12-17(24)13-11-15/h5-14,18H,1-4H3,(H,27,29)(H2,25,26,28,32). The molecule has 2 amide bonds. The molecule has 0 aliphatic carbocycles. The molecule has 0 bridgehead atoms. The summed E-state index contributed by atoms with van der Waals surface area (Å²) in [5, 5.41) is 8.48. The van der Waals surface area contributed by atoms with E-state index < -0.39 is 35.5 Å². The topological polar surface area (TPSA) is 96.5 Å². The molecule has 0 aliphatic heterocycles. The van der Waals surface area contributed by atoms with Crippen molar-refractivity contribution in [2.45, 2.75) is 45.4 Å². The van der Waals surface area contributed by atoms with Crippen LogP contribution in [0.25, 0.3) is 0 Å². The van der Waals surface area contributed by atoms with E-state index in [0.29, 0.717) is 16.1 Å². The smallest absolute Gasteiger partial charge is 0.329 e. The van der Waals surface area contributed by atoms with Crippen LogP contribution < -0.4 is 16.0 Å². The second kappa shape index (κ2) is 11.1. The molecule has 7 nitrogen and oxygen atoms in total. The Labute approximate surface area is 197 Å². The monoisotopic (exact) mass is 475 g/mol. The van der Waals surface area contributed by atoms with Gasteiger partial charge in [-0.3, -0.25) is 14.9 Å². The Morgan fingerprint density at radius 3 is 2.16 bits per heavy atom. The predicted molar refractivity (Wildman–Crippen MR) is 127 cm³/mol. The summed E-state index contributed by atoms with van der Waals surface area (Å²) in [5.41, 5.74) is 0.367. The summed E-state index contributed by atoms with van der Waals surface area (Å²) >= 11 is 11.1. The number of amides is 2. The summed E-state index contributed by atoms with van der Waals surface area (Å²) in [7, 11) is 0. The van der Waals surface area contributed by atoms with Gasteiger partial charge in [0.05, 0.1) is 0 Å². The van der Waals surface area contributed by atoms with E-state index in [1.165, 1.54) is 6.92 Å². The second-order valence-corrected chi connectivity index (χ2v) is 8.97. The maximum absolute atomic E-state index is 12.8. The fourth-order valence-corrected chi connectivity index (χ4v) is 3.02. The lowest BCUT2D eigenvalue weighted by molar-refractivity contribution is -0.158. The second-order valence-electron chi connectivity index (χ2n) is 8.12. The van der Waals surface area contributed by atoms with Crippen LogP contribution in [0.1, 0.15) is 49.7 Å². The van der Waals surface area contributed by atoms with Gasteiger partial charge in [-0.1, -0.05) is 41.9 Å². The highest BCUT2D eigenvalue weighted by Crippen LogP contribution is 2.22. The first-order valence-electron chi connectivity index (χ1n) is 9.91. The van der Waals surface area contributed by atoms with Crippen LogP contribution in [0.4, 0.5) is 0 Å². The number of hydrogen-bond acceptors (Lipinski definition) is 5. The van der Waals surface area contributed by atoms with E-state index in [4.69, 9.17) is 28.6 Å². The van der Waals surface area contributed by atoms with Crippen molar-refractivity contribution in [3.05, 3.63) is 70.7 Å². The van der Waals surface area contributed by atoms with Crippen LogP contribution in [-0.2, 0) is 14.3 Å². The van der Waals surface area contributed by atoms with Crippen molar-refractivity contribution in [1.82, 2.24) is 16.0 Å². The first-order valence-corrected chi connectivity index (χ1v) is 10.7. The third-order valence-electron chi connectivity index (χ3n) is 4.11. The van der Waals surface area contributed by atoms with E-state index in [9.17, 15) is 14.4 Å². The van der Waals surface area contributed by atoms with Gasteiger partial charge in [-0.25, -0.2) is 4.79 Å². The lowest BCUT2D eigenvalue weighted by Crippen LogP contribution is -2.48. The number of ether oxygens (including phenoxy) is 1. The Morgan fingerprint density at radius 2 is 1.59 bits per heavy atom. The molecule has 0 radical (unpaired) electrons. The van der Waals surface area contributed by atoms with Gasteiger partial charge in [-0.05, 0) is 64.2 Å². The number of esters is 1. The number of carbonyl (C=O) groups excluding carboxylic acids is 3. The molecule has 0 saturated heterocycles. The van der Waals surface area contributed by atoms with E-state index in [2.05, 4.69) is 16.0 Å². The summed E-state index contributed by atoms with van der Waals surface area (Å²) in [6.45, 7) is 6.99. The Balaban J connectivity index is 2.05. The number of halogens is 1. The van der Waals surface area contributed by atoms with Crippen LogP contribution in [0.2, 0.25) is 5.02 Å². The van der Waals surface area contributed by atoms with Crippen LogP contribution in [0.5, 0.6) is 0 Å². The first-order chi connectivity index (χ1) is 15.0. The van der Waals surface area contributed by atoms with Gasteiger partial charge >= 0.3 is 5.97 Å². The minimum absolute atomic E-state index is 0.0366. The zero-order valence-electron chi connectivity index (χ0n) is 18.3. The highest BCUT2D eigenvalue weighted by atomic mass is 35.5. The van der Waals surface area contributed by atoms with Gasteiger partial charge in [-0.15, -0.1) is 0 Å². The van der Waals surface area contributed by atoms with E-state index in [1.54, 1.807) is 54.6 Å². The van der Waals surface area contributed by atoms with Crippen molar-refractivity contribution in [2.75, 3.05) is 0 Å². The Kier molecular flexibility index (Phi) is 8.74. The maximum atomic E-state index is 12.8. The molecule has 0 saturated carbocycles. The maximum Gasteiger partial charge on any atom is 0.329 e. The van der Waals surface area contributed by atoms with Crippen molar-refractivity contribution in [3.8, 4) is 0 Å². The molecule has 2 atom stereocenters. The van der Waals surface area contributed by atoms with Gasteiger partial charge in [0.2, 0.25) is 6.10 Å². The lowest BCUT2D eigenvalue weighted by atomic mass is 10.1. The number of benzene rings is 2. The molecule has 170 valence electrons. The van der Waals surface area contributed by atoms with E-state index >= 15 is 0 Å². The van der Waals surface area contributed by atoms with Gasteiger partial charge in [0, 0.05) is 21.7 Å². The van der Waals surface area contributed by atoms with Crippen LogP contribution in [0.15, 0.2) is 54.6 Å². The molecule has 2 aromatic carbocycles. The highest BCUT2D eigenvalue weighted by Gasteiger charge is 2.30. The van der Waals surface area contributed by atoms with Gasteiger partial charge in [0.15, 0.2) is 5.11 Å². The van der Waals surface area contributed by atoms with E-state index in [-0.39, 0.29) is 5.11 Å². The number of hydrogen-bond donors (Lipinski definition) is 3. The van der Waals surface area contributed by atoms with Crippen molar-refractivity contribution in [3.63, 3.8) is 0 Å². The number of rotatable bonds is 6. The van der Waals surface area contributed by atoms with Crippen molar-refractivity contribution in [1.29, 1.82) is 0 Å². The van der Waals surface area contributed by atoms with Gasteiger partial charge in [0.25, 0.3) is 11.8 Å². The number of thiocarbonyl (C=S) groups is 1. The fourth-order valence-electron chi connectivity index (χ4n) is 2.62. The molecule has 0 spiro atoms. The molecule has 3 N–H and O–H groups in total. The number of carbonyl (C=O) groups is 3. The largest absolute Gasteiger partial charge is 0.446 e. The molecule has 2 unspecified atom stereocenters. The van der Waals surface area contributed by atoms with Crippen LogP contribution >= 0.6 is 23.8 Å². The van der Waals surface area contributed by atoms with Crippen LogP contribution in [0, 0.1) is 0 Å². The molecule has 32 heavy (non-hydrogen) atoms. The fraction of sp³-hybridized carbons (Fsp3) is 0.304. The minimum Gasteiger partial charge on any atom is -0.446 e. The summed E-state index contributed by atoms with van der Waals surface area (Å²) in [6, 6.07) is 14.1. The molecule has 2 rings (SSSR count). The highest BCUT2D eigenvalue weighted by molar-refractivity contribution is 7.80. The average molecular weight is 476 g/mol. The van der Waals surface area contributed by atoms with Crippen molar-refractivity contribution < 1.29 is 19.1 Å². The lowest BCUT2D eigenvalue weighted by Gasteiger charge is -2.26. The molecule has 9 heteroatoms. The summed E-state index contributed by atoms with van der Waals surface area (Å²) < 4.78 is 5.51. The molecule has 0 aliphatic rings. The van der Waals surface area contributed by atoms with Crippen LogP contribution in [0.3, 0.4) is 0 Å². The summed E-state index contributed by atoms with van der Waals surface area (Å²) in [4.78, 5) is 37.7. The Morgan fingerprint density at radius 1 is 1.00 bits per heavy atom. The summed E-state index contributed by atoms with van der Waals surface area (Å²) in [6.07, 6.45) is -1.18. The zero-order chi connectivity index (χ0) is 23.9. The van der Waals surface area contributed by atoms with Crippen LogP contribution in [-0.4, -0.2) is 34.5 Å². The normalized spacial score (nSPS) is 12.8.